The average molecular weight is 275 g/mol. The minimum atomic E-state index is 0.0200. The van der Waals surface area contributed by atoms with Gasteiger partial charge in [-0.1, -0.05) is 19.8 Å². The highest BCUT2D eigenvalue weighted by atomic mass is 16.1. The number of hydrogen-bond acceptors (Lipinski definition) is 3. The second-order valence-corrected chi connectivity index (χ2v) is 5.92. The number of amides is 1. The minimum Gasteiger partial charge on any atom is -0.373 e. The van der Waals surface area contributed by atoms with Crippen molar-refractivity contribution in [2.45, 2.75) is 52.0 Å². The molecule has 1 aliphatic rings. The number of hydrogen-bond donors (Lipinski definition) is 2. The molecule has 110 valence electrons. The molecule has 0 saturated heterocycles. The standard InChI is InChI=1S/C16H25N3O/c1-11-5-4-6-14(8-7-11)19-16(20)13-9-12(2)18-15(10-13)17-3/h9-11,14H,4-8H2,1-3H3,(H,17,18)(H,19,20). The lowest BCUT2D eigenvalue weighted by Gasteiger charge is -2.17. The van der Waals surface area contributed by atoms with Crippen LogP contribution in [0, 0.1) is 12.8 Å². The van der Waals surface area contributed by atoms with Crippen molar-refractivity contribution in [2.24, 2.45) is 5.92 Å². The Hall–Kier alpha value is -1.58. The summed E-state index contributed by atoms with van der Waals surface area (Å²) in [5.41, 5.74) is 1.55. The van der Waals surface area contributed by atoms with Crippen LogP contribution in [0.1, 0.15) is 55.1 Å². The van der Waals surface area contributed by atoms with Gasteiger partial charge in [-0.25, -0.2) is 4.98 Å². The van der Waals surface area contributed by atoms with Crippen molar-refractivity contribution < 1.29 is 4.79 Å². The number of carbonyl (C=O) groups excluding carboxylic acids is 1. The third-order valence-electron chi connectivity index (χ3n) is 4.06. The second-order valence-electron chi connectivity index (χ2n) is 5.92. The summed E-state index contributed by atoms with van der Waals surface area (Å²) in [5, 5.41) is 6.17. The lowest BCUT2D eigenvalue weighted by Crippen LogP contribution is -2.34. The molecule has 1 saturated carbocycles. The molecular formula is C16H25N3O. The Morgan fingerprint density at radius 3 is 2.80 bits per heavy atom. The smallest absolute Gasteiger partial charge is 0.251 e. The zero-order chi connectivity index (χ0) is 14.5. The van der Waals surface area contributed by atoms with Gasteiger partial charge in [0.25, 0.3) is 5.91 Å². The molecule has 0 aromatic carbocycles. The van der Waals surface area contributed by atoms with Crippen LogP contribution in [-0.4, -0.2) is 24.0 Å². The molecule has 0 radical (unpaired) electrons. The Morgan fingerprint density at radius 2 is 2.05 bits per heavy atom. The summed E-state index contributed by atoms with van der Waals surface area (Å²) >= 11 is 0. The minimum absolute atomic E-state index is 0.0200. The molecule has 0 bridgehead atoms. The average Bonchev–Trinajstić information content (AvgIpc) is 2.63. The van der Waals surface area contributed by atoms with Gasteiger partial charge < -0.3 is 10.6 Å². The van der Waals surface area contributed by atoms with Gasteiger partial charge in [-0.3, -0.25) is 4.79 Å². The number of aromatic nitrogens is 1. The largest absolute Gasteiger partial charge is 0.373 e. The predicted octanol–water partition coefficient (Wildman–Crippen LogP) is 3.13. The molecule has 1 aromatic rings. The van der Waals surface area contributed by atoms with Gasteiger partial charge in [-0.2, -0.15) is 0 Å². The van der Waals surface area contributed by atoms with E-state index in [1.165, 1.54) is 19.3 Å². The van der Waals surface area contributed by atoms with E-state index < -0.39 is 0 Å². The monoisotopic (exact) mass is 275 g/mol. The van der Waals surface area contributed by atoms with E-state index in [-0.39, 0.29) is 5.91 Å². The van der Waals surface area contributed by atoms with Crippen LogP contribution in [0.15, 0.2) is 12.1 Å². The number of nitrogens with one attached hydrogen (secondary N) is 2. The summed E-state index contributed by atoms with van der Waals surface area (Å²) in [6.07, 6.45) is 5.89. The lowest BCUT2D eigenvalue weighted by atomic mass is 10.0. The van der Waals surface area contributed by atoms with Gasteiger partial charge in [0.2, 0.25) is 0 Å². The molecule has 4 nitrogen and oxygen atoms in total. The Bertz CT molecular complexity index is 473. The molecule has 1 heterocycles. The van der Waals surface area contributed by atoms with Gasteiger partial charge >= 0.3 is 0 Å². The Kier molecular flexibility index (Phi) is 4.99. The van der Waals surface area contributed by atoms with Gasteiger partial charge in [0.05, 0.1) is 0 Å². The first-order chi connectivity index (χ1) is 9.58. The van der Waals surface area contributed by atoms with E-state index in [2.05, 4.69) is 22.5 Å². The topological polar surface area (TPSA) is 54.0 Å². The molecule has 1 aromatic heterocycles. The van der Waals surface area contributed by atoms with E-state index >= 15 is 0 Å². The highest BCUT2D eigenvalue weighted by Crippen LogP contribution is 2.23. The van der Waals surface area contributed by atoms with Gasteiger partial charge in [0.15, 0.2) is 0 Å². The van der Waals surface area contributed by atoms with Crippen molar-refractivity contribution in [1.29, 1.82) is 0 Å². The third-order valence-corrected chi connectivity index (χ3v) is 4.06. The fourth-order valence-electron chi connectivity index (χ4n) is 2.83. The first-order valence-electron chi connectivity index (χ1n) is 7.56. The molecule has 1 fully saturated rings. The predicted molar refractivity (Wildman–Crippen MR) is 82.0 cm³/mol. The van der Waals surface area contributed by atoms with Gasteiger partial charge in [-0.15, -0.1) is 0 Å². The van der Waals surface area contributed by atoms with Crippen molar-refractivity contribution in [3.05, 3.63) is 23.4 Å². The van der Waals surface area contributed by atoms with Gasteiger partial charge in [0, 0.05) is 24.3 Å². The number of aryl methyl sites for hydroxylation is 1. The molecule has 2 N–H and O–H groups in total. The number of pyridine rings is 1. The highest BCUT2D eigenvalue weighted by molar-refractivity contribution is 5.95. The molecule has 20 heavy (non-hydrogen) atoms. The zero-order valence-electron chi connectivity index (χ0n) is 12.7. The van der Waals surface area contributed by atoms with Crippen molar-refractivity contribution >= 4 is 11.7 Å². The van der Waals surface area contributed by atoms with E-state index in [1.807, 2.05) is 26.1 Å². The fourth-order valence-corrected chi connectivity index (χ4v) is 2.83. The van der Waals surface area contributed by atoms with E-state index in [4.69, 9.17) is 0 Å². The van der Waals surface area contributed by atoms with Crippen molar-refractivity contribution in [3.8, 4) is 0 Å². The summed E-state index contributed by atoms with van der Waals surface area (Å²) < 4.78 is 0. The van der Waals surface area contributed by atoms with E-state index in [9.17, 15) is 4.79 Å². The summed E-state index contributed by atoms with van der Waals surface area (Å²) in [7, 11) is 1.82. The lowest BCUT2D eigenvalue weighted by molar-refractivity contribution is 0.0933. The third kappa shape index (κ3) is 3.95. The van der Waals surface area contributed by atoms with Crippen LogP contribution in [-0.2, 0) is 0 Å². The SMILES string of the molecule is CNc1cc(C(=O)NC2CCCC(C)CC2)cc(C)n1. The van der Waals surface area contributed by atoms with Crippen LogP contribution in [0.2, 0.25) is 0 Å². The van der Waals surface area contributed by atoms with Crippen molar-refractivity contribution in [2.75, 3.05) is 12.4 Å². The molecule has 0 aliphatic heterocycles. The maximum Gasteiger partial charge on any atom is 0.251 e. The number of rotatable bonds is 3. The van der Waals surface area contributed by atoms with Crippen LogP contribution < -0.4 is 10.6 Å². The van der Waals surface area contributed by atoms with Gasteiger partial charge in [0.1, 0.15) is 5.82 Å². The van der Waals surface area contributed by atoms with Crippen molar-refractivity contribution in [3.63, 3.8) is 0 Å². The van der Waals surface area contributed by atoms with Crippen LogP contribution in [0.5, 0.6) is 0 Å². The first-order valence-corrected chi connectivity index (χ1v) is 7.56. The maximum atomic E-state index is 12.4. The van der Waals surface area contributed by atoms with Crippen molar-refractivity contribution in [1.82, 2.24) is 10.3 Å². The molecule has 2 unspecified atom stereocenters. The van der Waals surface area contributed by atoms with Crippen LogP contribution >= 0.6 is 0 Å². The van der Waals surface area contributed by atoms with Crippen LogP contribution in [0.25, 0.3) is 0 Å². The van der Waals surface area contributed by atoms with Gasteiger partial charge in [-0.05, 0) is 44.2 Å². The zero-order valence-corrected chi connectivity index (χ0v) is 12.7. The summed E-state index contributed by atoms with van der Waals surface area (Å²) in [6.45, 7) is 4.21. The highest BCUT2D eigenvalue weighted by Gasteiger charge is 2.19. The first kappa shape index (κ1) is 14.8. The Labute approximate surface area is 121 Å². The molecule has 1 amide bonds. The molecule has 4 heteroatoms. The number of anilines is 1. The summed E-state index contributed by atoms with van der Waals surface area (Å²) in [6, 6.07) is 3.97. The maximum absolute atomic E-state index is 12.4. The van der Waals surface area contributed by atoms with Crippen LogP contribution in [0.3, 0.4) is 0 Å². The molecule has 2 rings (SSSR count). The molecular weight excluding hydrogens is 250 g/mol. The normalized spacial score (nSPS) is 22.9. The van der Waals surface area contributed by atoms with E-state index in [0.29, 0.717) is 11.6 Å². The van der Waals surface area contributed by atoms with Crippen LogP contribution in [0.4, 0.5) is 5.82 Å². The molecule has 2 atom stereocenters. The fraction of sp³-hybridized carbons (Fsp3) is 0.625. The summed E-state index contributed by atoms with van der Waals surface area (Å²) in [4.78, 5) is 16.7. The molecule has 1 aliphatic carbocycles. The number of nitrogens with zero attached hydrogens (tertiary/aromatic N) is 1. The Morgan fingerprint density at radius 1 is 1.25 bits per heavy atom. The molecule has 0 spiro atoms. The van der Waals surface area contributed by atoms with E-state index in [0.717, 1.165) is 30.3 Å². The second kappa shape index (κ2) is 6.73. The van der Waals surface area contributed by atoms with E-state index in [1.54, 1.807) is 0 Å². The quantitative estimate of drug-likeness (QED) is 0.833. The summed E-state index contributed by atoms with van der Waals surface area (Å²) in [5.74, 6) is 1.55. The Balaban J connectivity index is 2.02. The number of carbonyl (C=O) groups is 1.